The van der Waals surface area contributed by atoms with Gasteiger partial charge >= 0.3 is 0 Å². The summed E-state index contributed by atoms with van der Waals surface area (Å²) in [5.74, 6) is 0.827. The van der Waals surface area contributed by atoms with Crippen LogP contribution in [0.4, 0.5) is 5.82 Å². The average Bonchev–Trinajstić information content (AvgIpc) is 3.34. The number of aromatic amines is 1. The predicted octanol–water partition coefficient (Wildman–Crippen LogP) is 0.461. The lowest BCUT2D eigenvalue weighted by molar-refractivity contribution is 0.218. The molecule has 1 saturated carbocycles. The van der Waals surface area contributed by atoms with Crippen LogP contribution in [0.15, 0.2) is 18.6 Å². The van der Waals surface area contributed by atoms with Gasteiger partial charge < -0.3 is 9.88 Å². The van der Waals surface area contributed by atoms with Crippen LogP contribution in [0.3, 0.4) is 0 Å². The zero-order chi connectivity index (χ0) is 23.4. The fraction of sp³-hybridized carbons (Fsp3) is 0.700. The Hall–Kier alpha value is -1.80. The molecule has 182 valence electrons. The third kappa shape index (κ3) is 4.25. The number of nitrogens with zero attached hydrogens (tertiary/aromatic N) is 6. The Kier molecular flexibility index (Phi) is 5.67. The van der Waals surface area contributed by atoms with Crippen molar-refractivity contribution >= 4 is 37.1 Å². The minimum Gasteiger partial charge on any atom is -0.353 e. The van der Waals surface area contributed by atoms with E-state index >= 15 is 0 Å². The highest BCUT2D eigenvalue weighted by Crippen LogP contribution is 2.47. The molecular weight excluding hydrogens is 466 g/mol. The third-order valence-electron chi connectivity index (χ3n) is 7.19. The standard InChI is InChI=1S/C20H31N7O4S2/c1-24(12-16-4-3-9-26(13-16)32(2,28)29)33(30,31)27-11-10-25(14-20(27)6-7-20)19-17-5-8-21-18(17)22-15-23-19/h5,8,15-16H,3-4,6-7,9-14H2,1-2H3,(H,21,22,23). The summed E-state index contributed by atoms with van der Waals surface area (Å²) in [4.78, 5) is 14.0. The Balaban J connectivity index is 1.30. The molecule has 2 aromatic heterocycles. The second-order valence-corrected chi connectivity index (χ2v) is 13.5. The van der Waals surface area contributed by atoms with Crippen molar-refractivity contribution in [1.29, 1.82) is 0 Å². The lowest BCUT2D eigenvalue weighted by Gasteiger charge is -2.43. The number of nitrogens with one attached hydrogen (secondary N) is 1. The quantitative estimate of drug-likeness (QED) is 0.615. The van der Waals surface area contributed by atoms with E-state index in [1.54, 1.807) is 11.4 Å². The fourth-order valence-electron chi connectivity index (χ4n) is 5.27. The molecule has 2 aromatic rings. The van der Waals surface area contributed by atoms with Crippen molar-refractivity contribution in [1.82, 2.24) is 27.9 Å². The van der Waals surface area contributed by atoms with E-state index in [1.807, 2.05) is 12.3 Å². The van der Waals surface area contributed by atoms with Gasteiger partial charge in [-0.3, -0.25) is 0 Å². The zero-order valence-corrected chi connectivity index (χ0v) is 20.6. The van der Waals surface area contributed by atoms with Gasteiger partial charge in [0.15, 0.2) is 0 Å². The van der Waals surface area contributed by atoms with E-state index in [0.717, 1.165) is 42.5 Å². The van der Waals surface area contributed by atoms with Crippen LogP contribution in [0.5, 0.6) is 0 Å². The van der Waals surface area contributed by atoms with Crippen LogP contribution >= 0.6 is 0 Å². The fourth-order valence-corrected chi connectivity index (χ4v) is 7.99. The van der Waals surface area contributed by atoms with E-state index in [2.05, 4.69) is 19.9 Å². The molecule has 3 aliphatic rings. The molecule has 13 heteroatoms. The molecular formula is C20H31N7O4S2. The van der Waals surface area contributed by atoms with Crippen LogP contribution < -0.4 is 4.90 Å². The number of rotatable bonds is 6. The summed E-state index contributed by atoms with van der Waals surface area (Å²) in [6.07, 6.45) is 7.81. The second kappa shape index (κ2) is 8.15. The van der Waals surface area contributed by atoms with Gasteiger partial charge in [0.2, 0.25) is 10.0 Å². The Bertz CT molecular complexity index is 1240. The first-order valence-electron chi connectivity index (χ1n) is 11.3. The van der Waals surface area contributed by atoms with Gasteiger partial charge in [0.05, 0.1) is 17.2 Å². The number of sulfonamides is 1. The maximum Gasteiger partial charge on any atom is 0.282 e. The minimum absolute atomic E-state index is 0.00687. The lowest BCUT2D eigenvalue weighted by Crippen LogP contribution is -2.60. The second-order valence-electron chi connectivity index (χ2n) is 9.57. The van der Waals surface area contributed by atoms with Gasteiger partial charge in [-0.2, -0.15) is 17.0 Å². The molecule has 3 fully saturated rings. The average molecular weight is 498 g/mol. The summed E-state index contributed by atoms with van der Waals surface area (Å²) in [5, 5.41) is 0.939. The summed E-state index contributed by atoms with van der Waals surface area (Å²) in [7, 11) is -5.31. The summed E-state index contributed by atoms with van der Waals surface area (Å²) < 4.78 is 55.6. The molecule has 0 radical (unpaired) electrons. The molecule has 2 saturated heterocycles. The van der Waals surface area contributed by atoms with E-state index in [9.17, 15) is 16.8 Å². The van der Waals surface area contributed by atoms with E-state index in [0.29, 0.717) is 39.3 Å². The predicted molar refractivity (Wildman–Crippen MR) is 125 cm³/mol. The number of hydrogen-bond donors (Lipinski definition) is 1. The largest absolute Gasteiger partial charge is 0.353 e. The van der Waals surface area contributed by atoms with Crippen molar-refractivity contribution in [3.63, 3.8) is 0 Å². The Morgan fingerprint density at radius 1 is 1.18 bits per heavy atom. The summed E-state index contributed by atoms with van der Waals surface area (Å²) >= 11 is 0. The Morgan fingerprint density at radius 2 is 1.97 bits per heavy atom. The smallest absolute Gasteiger partial charge is 0.282 e. The van der Waals surface area contributed by atoms with Gasteiger partial charge in [-0.1, -0.05) is 0 Å². The zero-order valence-electron chi connectivity index (χ0n) is 19.0. The molecule has 0 aromatic carbocycles. The monoisotopic (exact) mass is 497 g/mol. The first-order valence-corrected chi connectivity index (χ1v) is 14.6. The van der Waals surface area contributed by atoms with Crippen LogP contribution in [0.1, 0.15) is 25.7 Å². The topological polar surface area (TPSA) is 123 Å². The number of anilines is 1. The Labute approximate surface area is 195 Å². The van der Waals surface area contributed by atoms with E-state index < -0.39 is 25.8 Å². The molecule has 1 unspecified atom stereocenters. The number of hydrogen-bond acceptors (Lipinski definition) is 7. The molecule has 0 bridgehead atoms. The van der Waals surface area contributed by atoms with Crippen LogP contribution in [0, 0.1) is 5.92 Å². The molecule has 1 spiro atoms. The highest BCUT2D eigenvalue weighted by molar-refractivity contribution is 7.88. The van der Waals surface area contributed by atoms with Crippen molar-refractivity contribution in [2.45, 2.75) is 31.2 Å². The van der Waals surface area contributed by atoms with Gasteiger partial charge in [0, 0.05) is 52.5 Å². The van der Waals surface area contributed by atoms with Crippen LogP contribution in [-0.4, -0.2) is 103 Å². The molecule has 1 aliphatic carbocycles. The van der Waals surface area contributed by atoms with Crippen molar-refractivity contribution in [2.24, 2.45) is 5.92 Å². The van der Waals surface area contributed by atoms with Crippen LogP contribution in [0.25, 0.3) is 11.0 Å². The summed E-state index contributed by atoms with van der Waals surface area (Å²) in [5.41, 5.74) is 0.361. The molecule has 1 N–H and O–H groups in total. The van der Waals surface area contributed by atoms with Crippen molar-refractivity contribution < 1.29 is 16.8 Å². The van der Waals surface area contributed by atoms with Crippen molar-refractivity contribution in [3.05, 3.63) is 18.6 Å². The SMILES string of the molecule is CN(CC1CCCN(S(C)(=O)=O)C1)S(=O)(=O)N1CCN(c2ncnc3[nH]ccc23)CC12CC2. The van der Waals surface area contributed by atoms with Gasteiger partial charge in [-0.15, -0.1) is 0 Å². The number of piperidine rings is 1. The lowest BCUT2D eigenvalue weighted by atomic mass is 10.00. The van der Waals surface area contributed by atoms with E-state index in [4.69, 9.17) is 0 Å². The van der Waals surface area contributed by atoms with E-state index in [1.165, 1.54) is 21.2 Å². The van der Waals surface area contributed by atoms with Gasteiger partial charge in [-0.05, 0) is 37.7 Å². The number of piperazine rings is 1. The highest BCUT2D eigenvalue weighted by atomic mass is 32.2. The number of fused-ring (bicyclic) bond motifs is 1. The van der Waals surface area contributed by atoms with Gasteiger partial charge in [-0.25, -0.2) is 22.7 Å². The maximum atomic E-state index is 13.6. The highest BCUT2D eigenvalue weighted by Gasteiger charge is 2.56. The van der Waals surface area contributed by atoms with E-state index in [-0.39, 0.29) is 5.92 Å². The minimum atomic E-state index is -3.66. The van der Waals surface area contributed by atoms with Crippen molar-refractivity contribution in [3.8, 4) is 0 Å². The molecule has 33 heavy (non-hydrogen) atoms. The molecule has 2 aliphatic heterocycles. The molecule has 0 amide bonds. The third-order valence-corrected chi connectivity index (χ3v) is 10.5. The van der Waals surface area contributed by atoms with Crippen LogP contribution in [0.2, 0.25) is 0 Å². The number of H-pyrrole nitrogens is 1. The molecule has 1 atom stereocenters. The molecule has 5 rings (SSSR count). The molecule has 11 nitrogen and oxygen atoms in total. The normalized spacial score (nSPS) is 24.7. The van der Waals surface area contributed by atoms with Crippen molar-refractivity contribution in [2.75, 3.05) is 57.5 Å². The number of aromatic nitrogens is 3. The summed E-state index contributed by atoms with van der Waals surface area (Å²) in [6.45, 7) is 2.75. The molecule has 4 heterocycles. The first-order chi connectivity index (χ1) is 15.6. The Morgan fingerprint density at radius 3 is 2.70 bits per heavy atom. The first kappa shape index (κ1) is 23.0. The maximum absolute atomic E-state index is 13.6. The van der Waals surface area contributed by atoms with Crippen LogP contribution in [-0.2, 0) is 20.2 Å². The summed E-state index contributed by atoms with van der Waals surface area (Å²) in [6, 6.07) is 1.95. The van der Waals surface area contributed by atoms with Gasteiger partial charge in [0.1, 0.15) is 17.8 Å². The van der Waals surface area contributed by atoms with Gasteiger partial charge in [0.25, 0.3) is 10.2 Å².